The van der Waals surface area contributed by atoms with Gasteiger partial charge in [0.2, 0.25) is 5.91 Å². The first-order valence-corrected chi connectivity index (χ1v) is 6.44. The number of hydrogen-bond acceptors (Lipinski definition) is 3. The van der Waals surface area contributed by atoms with E-state index < -0.39 is 0 Å². The van der Waals surface area contributed by atoms with E-state index in [-0.39, 0.29) is 11.3 Å². The SMILES string of the molecule is CC1(C)CCCN(C(=O)Cc2ccc(N)cn2)C1. The number of carbonyl (C=O) groups is 1. The first-order valence-electron chi connectivity index (χ1n) is 6.44. The van der Waals surface area contributed by atoms with Crippen LogP contribution in [0, 0.1) is 5.41 Å². The topological polar surface area (TPSA) is 59.2 Å². The summed E-state index contributed by atoms with van der Waals surface area (Å²) >= 11 is 0. The summed E-state index contributed by atoms with van der Waals surface area (Å²) in [5, 5.41) is 0. The average Bonchev–Trinajstić information content (AvgIpc) is 2.31. The molecule has 4 heteroatoms. The predicted octanol–water partition coefficient (Wildman–Crippen LogP) is 1.85. The highest BCUT2D eigenvalue weighted by atomic mass is 16.2. The molecule has 0 unspecified atom stereocenters. The van der Waals surface area contributed by atoms with E-state index in [0.717, 1.165) is 25.2 Å². The second-order valence-electron chi connectivity index (χ2n) is 5.84. The lowest BCUT2D eigenvalue weighted by Gasteiger charge is -2.38. The van der Waals surface area contributed by atoms with Crippen molar-refractivity contribution in [2.45, 2.75) is 33.1 Å². The molecule has 2 N–H and O–H groups in total. The number of rotatable bonds is 2. The van der Waals surface area contributed by atoms with Gasteiger partial charge in [0.25, 0.3) is 0 Å². The van der Waals surface area contributed by atoms with Crippen LogP contribution < -0.4 is 5.73 Å². The van der Waals surface area contributed by atoms with Crippen molar-refractivity contribution in [3.63, 3.8) is 0 Å². The molecule has 1 aromatic rings. The molecular formula is C14H21N3O. The van der Waals surface area contributed by atoms with Crippen LogP contribution in [0.4, 0.5) is 5.69 Å². The number of nitrogen functional groups attached to an aromatic ring is 1. The number of likely N-dealkylation sites (tertiary alicyclic amines) is 1. The molecule has 1 fully saturated rings. The Morgan fingerprint density at radius 3 is 2.89 bits per heavy atom. The maximum Gasteiger partial charge on any atom is 0.228 e. The minimum Gasteiger partial charge on any atom is -0.397 e. The Kier molecular flexibility index (Phi) is 3.55. The third-order valence-corrected chi connectivity index (χ3v) is 3.43. The largest absolute Gasteiger partial charge is 0.397 e. The van der Waals surface area contributed by atoms with Crippen LogP contribution in [-0.2, 0) is 11.2 Å². The number of piperidine rings is 1. The maximum absolute atomic E-state index is 12.2. The van der Waals surface area contributed by atoms with Crippen LogP contribution in [0.5, 0.6) is 0 Å². The van der Waals surface area contributed by atoms with Crippen molar-refractivity contribution in [2.75, 3.05) is 18.8 Å². The third kappa shape index (κ3) is 3.22. The van der Waals surface area contributed by atoms with Gasteiger partial charge >= 0.3 is 0 Å². The number of nitrogens with two attached hydrogens (primary N) is 1. The molecule has 2 rings (SSSR count). The molecule has 1 aliphatic heterocycles. The fourth-order valence-corrected chi connectivity index (χ4v) is 2.44. The highest BCUT2D eigenvalue weighted by molar-refractivity contribution is 5.78. The van der Waals surface area contributed by atoms with Gasteiger partial charge in [-0.15, -0.1) is 0 Å². The van der Waals surface area contributed by atoms with E-state index in [2.05, 4.69) is 18.8 Å². The Morgan fingerprint density at radius 1 is 1.50 bits per heavy atom. The monoisotopic (exact) mass is 247 g/mol. The Balaban J connectivity index is 1.97. The van der Waals surface area contributed by atoms with E-state index in [9.17, 15) is 4.79 Å². The zero-order valence-electron chi connectivity index (χ0n) is 11.1. The number of amides is 1. The molecule has 0 aliphatic carbocycles. The van der Waals surface area contributed by atoms with E-state index in [0.29, 0.717) is 12.1 Å². The molecule has 1 aliphatic rings. The standard InChI is InChI=1S/C14H21N3O/c1-14(2)6-3-7-17(10-14)13(18)8-12-5-4-11(15)9-16-12/h4-5,9H,3,6-8,10,15H2,1-2H3. The summed E-state index contributed by atoms with van der Waals surface area (Å²) in [4.78, 5) is 18.3. The average molecular weight is 247 g/mol. The van der Waals surface area contributed by atoms with E-state index in [1.807, 2.05) is 11.0 Å². The van der Waals surface area contributed by atoms with Crippen molar-refractivity contribution in [3.05, 3.63) is 24.0 Å². The Hall–Kier alpha value is -1.58. The molecule has 0 saturated carbocycles. The van der Waals surface area contributed by atoms with Gasteiger partial charge in [0.1, 0.15) is 0 Å². The molecule has 0 atom stereocenters. The minimum absolute atomic E-state index is 0.167. The zero-order valence-corrected chi connectivity index (χ0v) is 11.1. The van der Waals surface area contributed by atoms with E-state index in [1.165, 1.54) is 6.42 Å². The van der Waals surface area contributed by atoms with E-state index in [4.69, 9.17) is 5.73 Å². The van der Waals surface area contributed by atoms with Crippen molar-refractivity contribution < 1.29 is 4.79 Å². The molecule has 18 heavy (non-hydrogen) atoms. The first-order chi connectivity index (χ1) is 8.46. The molecule has 4 nitrogen and oxygen atoms in total. The molecule has 1 saturated heterocycles. The van der Waals surface area contributed by atoms with E-state index >= 15 is 0 Å². The lowest BCUT2D eigenvalue weighted by Crippen LogP contribution is -2.44. The second kappa shape index (κ2) is 4.96. The molecule has 0 spiro atoms. The molecule has 1 amide bonds. The van der Waals surface area contributed by atoms with Crippen LogP contribution in [0.2, 0.25) is 0 Å². The molecule has 0 bridgehead atoms. The van der Waals surface area contributed by atoms with Gasteiger partial charge in [0.05, 0.1) is 18.3 Å². The lowest BCUT2D eigenvalue weighted by molar-refractivity contribution is -0.133. The number of pyridine rings is 1. The Bertz CT molecular complexity index is 425. The lowest BCUT2D eigenvalue weighted by atomic mass is 9.84. The molecule has 0 aromatic carbocycles. The van der Waals surface area contributed by atoms with Gasteiger partial charge in [0.15, 0.2) is 0 Å². The van der Waals surface area contributed by atoms with Crippen LogP contribution in [0.15, 0.2) is 18.3 Å². The van der Waals surface area contributed by atoms with Crippen LogP contribution in [0.3, 0.4) is 0 Å². The van der Waals surface area contributed by atoms with Crippen molar-refractivity contribution in [1.82, 2.24) is 9.88 Å². The highest BCUT2D eigenvalue weighted by Gasteiger charge is 2.28. The van der Waals surface area contributed by atoms with Crippen molar-refractivity contribution in [3.8, 4) is 0 Å². The van der Waals surface area contributed by atoms with Crippen LogP contribution in [0.1, 0.15) is 32.4 Å². The van der Waals surface area contributed by atoms with Gasteiger partial charge in [-0.05, 0) is 30.4 Å². The Labute approximate surface area is 108 Å². The second-order valence-corrected chi connectivity index (χ2v) is 5.84. The summed E-state index contributed by atoms with van der Waals surface area (Å²) in [5.74, 6) is 0.167. The molecule has 1 aromatic heterocycles. The third-order valence-electron chi connectivity index (χ3n) is 3.43. The normalized spacial score (nSPS) is 18.7. The highest BCUT2D eigenvalue weighted by Crippen LogP contribution is 2.28. The van der Waals surface area contributed by atoms with Gasteiger partial charge in [-0.2, -0.15) is 0 Å². The summed E-state index contributed by atoms with van der Waals surface area (Å²) in [5.41, 5.74) is 7.24. The van der Waals surface area contributed by atoms with Gasteiger partial charge in [-0.3, -0.25) is 9.78 Å². The number of anilines is 1. The van der Waals surface area contributed by atoms with Gasteiger partial charge in [-0.1, -0.05) is 13.8 Å². The number of nitrogens with zero attached hydrogens (tertiary/aromatic N) is 2. The maximum atomic E-state index is 12.2. The summed E-state index contributed by atoms with van der Waals surface area (Å²) in [6.07, 6.45) is 4.25. The quantitative estimate of drug-likeness (QED) is 0.867. The van der Waals surface area contributed by atoms with Gasteiger partial charge in [-0.25, -0.2) is 0 Å². The number of hydrogen-bond donors (Lipinski definition) is 1. The molecule has 98 valence electrons. The summed E-state index contributed by atoms with van der Waals surface area (Å²) < 4.78 is 0. The zero-order chi connectivity index (χ0) is 13.2. The summed E-state index contributed by atoms with van der Waals surface area (Å²) in [6.45, 7) is 6.15. The molecular weight excluding hydrogens is 226 g/mol. The minimum atomic E-state index is 0.167. The van der Waals surface area contributed by atoms with Crippen LogP contribution in [-0.4, -0.2) is 28.9 Å². The Morgan fingerprint density at radius 2 is 2.28 bits per heavy atom. The summed E-state index contributed by atoms with van der Waals surface area (Å²) in [6, 6.07) is 3.61. The van der Waals surface area contributed by atoms with E-state index in [1.54, 1.807) is 12.3 Å². The smallest absolute Gasteiger partial charge is 0.228 e. The first kappa shape index (κ1) is 12.9. The fourth-order valence-electron chi connectivity index (χ4n) is 2.44. The van der Waals surface area contributed by atoms with Crippen molar-refractivity contribution >= 4 is 11.6 Å². The van der Waals surface area contributed by atoms with Gasteiger partial charge < -0.3 is 10.6 Å². The molecule has 2 heterocycles. The van der Waals surface area contributed by atoms with Gasteiger partial charge in [0, 0.05) is 18.8 Å². The van der Waals surface area contributed by atoms with Crippen LogP contribution >= 0.6 is 0 Å². The number of aromatic nitrogens is 1. The van der Waals surface area contributed by atoms with Crippen molar-refractivity contribution in [2.24, 2.45) is 5.41 Å². The summed E-state index contributed by atoms with van der Waals surface area (Å²) in [7, 11) is 0. The fraction of sp³-hybridized carbons (Fsp3) is 0.571. The van der Waals surface area contributed by atoms with Crippen molar-refractivity contribution in [1.29, 1.82) is 0 Å². The predicted molar refractivity (Wildman–Crippen MR) is 71.9 cm³/mol. The van der Waals surface area contributed by atoms with Crippen LogP contribution in [0.25, 0.3) is 0 Å². The molecule has 0 radical (unpaired) electrons. The number of carbonyl (C=O) groups excluding carboxylic acids is 1.